The summed E-state index contributed by atoms with van der Waals surface area (Å²) in [5, 5.41) is 30.9. The minimum atomic E-state index is -0.609. The quantitative estimate of drug-likeness (QED) is 0.153. The molecular formula is C56H31BClF2N8O2S2. The van der Waals surface area contributed by atoms with E-state index in [0.29, 0.717) is 42.4 Å². The van der Waals surface area contributed by atoms with Gasteiger partial charge in [0.2, 0.25) is 5.28 Å². The van der Waals surface area contributed by atoms with Gasteiger partial charge in [0.05, 0.1) is 11.1 Å². The second-order valence-electron chi connectivity index (χ2n) is 15.7. The molecule has 1 N–H and O–H groups in total. The molecule has 8 aromatic carbocycles. The van der Waals surface area contributed by atoms with E-state index in [1.165, 1.54) is 59.2 Å². The molecule has 0 fully saturated rings. The molecule has 0 atom stereocenters. The summed E-state index contributed by atoms with van der Waals surface area (Å²) in [4.78, 5) is 27.4. The van der Waals surface area contributed by atoms with E-state index in [2.05, 4.69) is 85.3 Å². The molecule has 0 aliphatic carbocycles. The number of aromatic nitrogens is 6. The Labute approximate surface area is 423 Å². The van der Waals surface area contributed by atoms with E-state index >= 15 is 0 Å². The van der Waals surface area contributed by atoms with E-state index in [-0.39, 0.29) is 22.2 Å². The Morgan fingerprint density at radius 3 is 1.32 bits per heavy atom. The summed E-state index contributed by atoms with van der Waals surface area (Å²) in [6.07, 6.45) is 0. The first-order valence-corrected chi connectivity index (χ1v) is 23.9. The monoisotopic (exact) mass is 995 g/mol. The number of halogens is 3. The Bertz CT molecular complexity index is 4060. The molecule has 0 saturated carbocycles. The molecular weight excluding hydrogens is 965 g/mol. The molecule has 1 radical (unpaired) electrons. The standard InChI is InChI=1S/C28H15FN4S.C21H12ClN3S.C7H4BFNO2/c29-23-12-10-18(14-20(23)16-30)27-31-26(17-6-2-1-3-7-17)32-28(33-27)19-11-13-25-22(15-19)21-8-4-5-9-24(21)34-25;22-21-24-19(13-6-2-1-3-7-13)23-20(25-21)14-10-11-18-16(12-14)15-8-4-5-9-17(15)26-18;9-7-2-1-6(12-8-11)3-5(7)4-10/h1-15H;1-12H;1-3,11H. The Balaban J connectivity index is 0.000000138. The molecule has 0 amide bonds. The normalized spacial score (nSPS) is 10.8. The molecule has 72 heavy (non-hydrogen) atoms. The predicted octanol–water partition coefficient (Wildman–Crippen LogP) is 14.1. The van der Waals surface area contributed by atoms with Crippen molar-refractivity contribution < 1.29 is 18.5 Å². The van der Waals surface area contributed by atoms with E-state index in [1.54, 1.807) is 34.8 Å². The zero-order valence-corrected chi connectivity index (χ0v) is 39.7. The third kappa shape index (κ3) is 10.1. The van der Waals surface area contributed by atoms with Crippen LogP contribution in [0.1, 0.15) is 11.1 Å². The summed E-state index contributed by atoms with van der Waals surface area (Å²) in [6, 6.07) is 60.1. The van der Waals surface area contributed by atoms with Gasteiger partial charge in [-0.3, -0.25) is 0 Å². The van der Waals surface area contributed by atoms with Crippen LogP contribution in [0.15, 0.2) is 182 Å². The molecule has 0 saturated heterocycles. The van der Waals surface area contributed by atoms with Gasteiger partial charge >= 0.3 is 7.69 Å². The number of hydrogen-bond acceptors (Lipinski definition) is 12. The van der Waals surface area contributed by atoms with E-state index in [1.807, 2.05) is 91.0 Å². The molecule has 12 rings (SSSR count). The summed E-state index contributed by atoms with van der Waals surface area (Å²) in [7, 11) is 0.467. The van der Waals surface area contributed by atoms with Crippen LogP contribution in [0.25, 0.3) is 97.3 Å². The van der Waals surface area contributed by atoms with E-state index in [9.17, 15) is 14.0 Å². The lowest BCUT2D eigenvalue weighted by atomic mass is 10.1. The maximum Gasteiger partial charge on any atom is 0.569 e. The van der Waals surface area contributed by atoms with Crippen LogP contribution in [-0.4, -0.2) is 42.6 Å². The SMILES string of the molecule is Clc1nc(-c2ccccc2)nc(-c2ccc3sc4ccccc4c3c2)n1.N#Cc1cc(-c2nc(-c3ccccc3)nc(-c3ccc4sc5ccccc5c4c3)n2)ccc1F.N#Cc1cc(O[B]O)ccc1F. The van der Waals surface area contributed by atoms with Crippen LogP contribution in [0, 0.1) is 34.3 Å². The van der Waals surface area contributed by atoms with Gasteiger partial charge in [0, 0.05) is 68.2 Å². The zero-order chi connectivity index (χ0) is 49.6. The van der Waals surface area contributed by atoms with E-state index in [0.717, 1.165) is 33.7 Å². The van der Waals surface area contributed by atoms with Crippen LogP contribution < -0.4 is 4.65 Å². The van der Waals surface area contributed by atoms with E-state index < -0.39 is 11.6 Å². The molecule has 0 aliphatic heterocycles. The smallest absolute Gasteiger partial charge is 0.537 e. The lowest BCUT2D eigenvalue weighted by Crippen LogP contribution is -2.00. The fraction of sp³-hybridized carbons (Fsp3) is 0. The third-order valence-corrected chi connectivity index (χ3v) is 13.6. The van der Waals surface area contributed by atoms with Crippen LogP contribution in [0.5, 0.6) is 5.75 Å². The van der Waals surface area contributed by atoms with Crippen molar-refractivity contribution in [3.8, 4) is 74.8 Å². The van der Waals surface area contributed by atoms with Crippen LogP contribution in [0.4, 0.5) is 8.78 Å². The summed E-state index contributed by atoms with van der Waals surface area (Å²) < 4.78 is 36.1. The Morgan fingerprint density at radius 1 is 0.431 bits per heavy atom. The molecule has 343 valence electrons. The van der Waals surface area contributed by atoms with Gasteiger partial charge in [-0.2, -0.15) is 20.5 Å². The minimum Gasteiger partial charge on any atom is -0.537 e. The largest absolute Gasteiger partial charge is 0.569 e. The van der Waals surface area contributed by atoms with Gasteiger partial charge in [0.15, 0.2) is 29.1 Å². The second-order valence-corrected chi connectivity index (χ2v) is 18.2. The van der Waals surface area contributed by atoms with Crippen molar-refractivity contribution in [2.75, 3.05) is 0 Å². The molecule has 0 spiro atoms. The lowest BCUT2D eigenvalue weighted by Gasteiger charge is -2.09. The minimum absolute atomic E-state index is 0.0492. The first-order valence-electron chi connectivity index (χ1n) is 21.9. The highest BCUT2D eigenvalue weighted by Gasteiger charge is 2.16. The number of benzene rings is 8. The van der Waals surface area contributed by atoms with Gasteiger partial charge in [0.1, 0.15) is 29.5 Å². The highest BCUT2D eigenvalue weighted by atomic mass is 35.5. The highest BCUT2D eigenvalue weighted by Crippen LogP contribution is 2.38. The van der Waals surface area contributed by atoms with Gasteiger partial charge in [-0.1, -0.05) is 97.1 Å². The number of fused-ring (bicyclic) bond motifs is 6. The van der Waals surface area contributed by atoms with Crippen LogP contribution in [-0.2, 0) is 0 Å². The molecule has 10 nitrogen and oxygen atoms in total. The van der Waals surface area contributed by atoms with Crippen molar-refractivity contribution in [2.24, 2.45) is 0 Å². The molecule has 0 unspecified atom stereocenters. The van der Waals surface area contributed by atoms with Gasteiger partial charge in [-0.05, 0) is 96.5 Å². The Morgan fingerprint density at radius 2 is 0.819 bits per heavy atom. The Kier molecular flexibility index (Phi) is 13.7. The molecule has 0 aliphatic rings. The Hall–Kier alpha value is -8.83. The number of thiophene rings is 2. The van der Waals surface area contributed by atoms with Crippen molar-refractivity contribution in [3.05, 3.63) is 210 Å². The predicted molar refractivity (Wildman–Crippen MR) is 282 cm³/mol. The van der Waals surface area contributed by atoms with Crippen molar-refractivity contribution in [1.29, 1.82) is 10.5 Å². The fourth-order valence-electron chi connectivity index (χ4n) is 7.75. The van der Waals surface area contributed by atoms with E-state index in [4.69, 9.17) is 31.9 Å². The molecule has 4 heterocycles. The number of nitrogens with zero attached hydrogens (tertiary/aromatic N) is 8. The highest BCUT2D eigenvalue weighted by molar-refractivity contribution is 7.26. The summed E-state index contributed by atoms with van der Waals surface area (Å²) >= 11 is 9.72. The summed E-state index contributed by atoms with van der Waals surface area (Å²) in [5.74, 6) is 1.62. The number of rotatable bonds is 7. The molecule has 0 bridgehead atoms. The topological polar surface area (TPSA) is 154 Å². The number of nitriles is 2. The van der Waals surface area contributed by atoms with Gasteiger partial charge < -0.3 is 9.68 Å². The van der Waals surface area contributed by atoms with Gasteiger partial charge in [0.25, 0.3) is 0 Å². The first-order chi connectivity index (χ1) is 35.2. The van der Waals surface area contributed by atoms with Crippen LogP contribution >= 0.6 is 34.3 Å². The van der Waals surface area contributed by atoms with Crippen LogP contribution in [0.2, 0.25) is 5.28 Å². The molecule has 12 aromatic rings. The summed E-state index contributed by atoms with van der Waals surface area (Å²) in [6.45, 7) is 0. The molecule has 16 heteroatoms. The lowest BCUT2D eigenvalue weighted by molar-refractivity contribution is 0.452. The van der Waals surface area contributed by atoms with Gasteiger partial charge in [-0.25, -0.2) is 28.7 Å². The zero-order valence-electron chi connectivity index (χ0n) is 37.3. The maximum atomic E-state index is 13.9. The van der Waals surface area contributed by atoms with Crippen LogP contribution in [0.3, 0.4) is 0 Å². The fourth-order valence-corrected chi connectivity index (χ4v) is 10.1. The summed E-state index contributed by atoms with van der Waals surface area (Å²) in [5.41, 5.74) is 3.95. The first kappa shape index (κ1) is 46.9. The van der Waals surface area contributed by atoms with Crippen molar-refractivity contribution in [3.63, 3.8) is 0 Å². The van der Waals surface area contributed by atoms with Crippen molar-refractivity contribution >= 4 is 82.3 Å². The third-order valence-electron chi connectivity index (χ3n) is 11.2. The van der Waals surface area contributed by atoms with Crippen molar-refractivity contribution in [2.45, 2.75) is 0 Å². The number of hydrogen-bond donors (Lipinski definition) is 1. The van der Waals surface area contributed by atoms with Gasteiger partial charge in [-0.15, -0.1) is 22.7 Å². The average Bonchev–Trinajstić information content (AvgIpc) is 4.00. The van der Waals surface area contributed by atoms with Crippen molar-refractivity contribution in [1.82, 2.24) is 29.9 Å². The second kappa shape index (κ2) is 21.0. The molecule has 4 aromatic heterocycles. The maximum absolute atomic E-state index is 13.9. The average molecular weight is 996 g/mol.